The molecule has 1 aliphatic heterocycles. The van der Waals surface area contributed by atoms with Crippen LogP contribution in [0.15, 0.2) is 42.5 Å². The third kappa shape index (κ3) is 3.61. The molecule has 2 aromatic rings. The molecule has 0 spiro atoms. The molecule has 24 heavy (non-hydrogen) atoms. The van der Waals surface area contributed by atoms with Gasteiger partial charge in [0.2, 0.25) is 0 Å². The first kappa shape index (κ1) is 16.6. The van der Waals surface area contributed by atoms with Gasteiger partial charge >= 0.3 is 0 Å². The number of ketones is 1. The molecule has 0 radical (unpaired) electrons. The van der Waals surface area contributed by atoms with E-state index < -0.39 is 0 Å². The van der Waals surface area contributed by atoms with Crippen LogP contribution in [0.4, 0.5) is 0 Å². The molecule has 0 bridgehead atoms. The monoisotopic (exact) mass is 324 g/mol. The zero-order chi connectivity index (χ0) is 17.1. The molecule has 2 aromatic carbocycles. The largest absolute Gasteiger partial charge is 0.507 e. The molecule has 1 heterocycles. The molecule has 1 aliphatic rings. The Morgan fingerprint density at radius 3 is 2.75 bits per heavy atom. The topological polar surface area (TPSA) is 46.5 Å². The Bertz CT molecular complexity index is 721. The van der Waals surface area contributed by atoms with E-state index >= 15 is 0 Å². The molecule has 2 atom stereocenters. The van der Waals surface area contributed by atoms with Crippen LogP contribution in [-0.4, -0.2) is 17.0 Å². The number of aryl methyl sites for hydroxylation is 1. The molecule has 3 heteroatoms. The Kier molecular flexibility index (Phi) is 4.89. The first-order valence-corrected chi connectivity index (χ1v) is 8.65. The highest BCUT2D eigenvalue weighted by Gasteiger charge is 2.27. The number of ether oxygens (including phenoxy) is 1. The molecule has 0 fully saturated rings. The zero-order valence-corrected chi connectivity index (χ0v) is 14.3. The van der Waals surface area contributed by atoms with E-state index in [9.17, 15) is 9.90 Å². The van der Waals surface area contributed by atoms with Crippen LogP contribution in [0.5, 0.6) is 11.5 Å². The lowest BCUT2D eigenvalue weighted by atomic mass is 9.91. The number of phenolic OH excluding ortho intramolecular Hbond substituents is 1. The number of Topliss-reactive ketones (excluding diaryl/α,β-unsaturated/α-hetero) is 1. The number of phenols is 1. The van der Waals surface area contributed by atoms with Crippen molar-refractivity contribution in [2.75, 3.05) is 0 Å². The quantitative estimate of drug-likeness (QED) is 0.853. The molecule has 3 nitrogen and oxygen atoms in total. The summed E-state index contributed by atoms with van der Waals surface area (Å²) >= 11 is 0. The van der Waals surface area contributed by atoms with E-state index in [4.69, 9.17) is 4.74 Å². The molecular formula is C21H24O3. The van der Waals surface area contributed by atoms with Crippen molar-refractivity contribution in [1.29, 1.82) is 0 Å². The van der Waals surface area contributed by atoms with Gasteiger partial charge in [0, 0.05) is 6.42 Å². The van der Waals surface area contributed by atoms with Crippen molar-refractivity contribution in [3.8, 4) is 11.5 Å². The second-order valence-corrected chi connectivity index (χ2v) is 6.75. The van der Waals surface area contributed by atoms with E-state index in [-0.39, 0.29) is 17.6 Å². The normalized spacial score (nSPS) is 17.9. The van der Waals surface area contributed by atoms with Crippen molar-refractivity contribution in [1.82, 2.24) is 0 Å². The number of aromatic hydroxyl groups is 1. The van der Waals surface area contributed by atoms with Gasteiger partial charge in [-0.05, 0) is 55.4 Å². The summed E-state index contributed by atoms with van der Waals surface area (Å²) in [5, 5.41) is 10.2. The van der Waals surface area contributed by atoms with E-state index in [0.717, 1.165) is 24.8 Å². The van der Waals surface area contributed by atoms with Gasteiger partial charge in [0.05, 0.1) is 0 Å². The van der Waals surface area contributed by atoms with Gasteiger partial charge in [0.15, 0.2) is 5.78 Å². The van der Waals surface area contributed by atoms with Gasteiger partial charge in [0.1, 0.15) is 23.2 Å². The minimum Gasteiger partial charge on any atom is -0.507 e. The number of carbonyl (C=O) groups is 1. The lowest BCUT2D eigenvalue weighted by Gasteiger charge is -2.24. The fraction of sp³-hybridized carbons (Fsp3) is 0.381. The third-order valence-corrected chi connectivity index (χ3v) is 4.70. The predicted octanol–water partition coefficient (Wildman–Crippen LogP) is 4.87. The molecular weight excluding hydrogens is 300 g/mol. The molecule has 0 aliphatic carbocycles. The van der Waals surface area contributed by atoms with Crippen molar-refractivity contribution in [3.63, 3.8) is 0 Å². The summed E-state index contributed by atoms with van der Waals surface area (Å²) in [6.07, 6.45) is 3.35. The Morgan fingerprint density at radius 2 is 2.00 bits per heavy atom. The van der Waals surface area contributed by atoms with E-state index in [1.54, 1.807) is 6.07 Å². The van der Waals surface area contributed by atoms with Gasteiger partial charge in [-0.15, -0.1) is 0 Å². The number of carbonyl (C=O) groups excluding carboxylic acids is 1. The Hall–Kier alpha value is -2.29. The zero-order valence-electron chi connectivity index (χ0n) is 14.3. The summed E-state index contributed by atoms with van der Waals surface area (Å²) in [6, 6.07) is 14.1. The van der Waals surface area contributed by atoms with Gasteiger partial charge < -0.3 is 9.84 Å². The number of rotatable bonds is 5. The maximum atomic E-state index is 12.1. The summed E-state index contributed by atoms with van der Waals surface area (Å²) < 4.78 is 5.77. The number of benzene rings is 2. The minimum absolute atomic E-state index is 0.0375. The van der Waals surface area contributed by atoms with Crippen molar-refractivity contribution in [2.24, 2.45) is 0 Å². The summed E-state index contributed by atoms with van der Waals surface area (Å²) in [5.41, 5.74) is 2.72. The molecule has 0 saturated carbocycles. The number of hydrogen-bond donors (Lipinski definition) is 1. The van der Waals surface area contributed by atoms with Crippen molar-refractivity contribution < 1.29 is 14.6 Å². The van der Waals surface area contributed by atoms with Crippen molar-refractivity contribution in [3.05, 3.63) is 59.2 Å². The highest BCUT2D eigenvalue weighted by atomic mass is 16.5. The van der Waals surface area contributed by atoms with Crippen LogP contribution in [-0.2, 0) is 6.42 Å². The van der Waals surface area contributed by atoms with Gasteiger partial charge in [-0.25, -0.2) is 0 Å². The first-order chi connectivity index (χ1) is 11.5. The lowest BCUT2D eigenvalue weighted by Crippen LogP contribution is -2.24. The van der Waals surface area contributed by atoms with Crippen LogP contribution in [0.2, 0.25) is 0 Å². The van der Waals surface area contributed by atoms with Crippen molar-refractivity contribution >= 4 is 5.78 Å². The highest BCUT2D eigenvalue weighted by molar-refractivity contribution is 6.02. The average Bonchev–Trinajstić information content (AvgIpc) is 2.54. The van der Waals surface area contributed by atoms with Gasteiger partial charge in [-0.3, -0.25) is 4.79 Å². The van der Waals surface area contributed by atoms with Crippen LogP contribution in [0.25, 0.3) is 0 Å². The molecule has 126 valence electrons. The van der Waals surface area contributed by atoms with Gasteiger partial charge in [-0.2, -0.15) is 0 Å². The Labute approximate surface area is 143 Å². The maximum Gasteiger partial charge on any atom is 0.174 e. The fourth-order valence-electron chi connectivity index (χ4n) is 3.32. The van der Waals surface area contributed by atoms with Gasteiger partial charge in [-0.1, -0.05) is 37.3 Å². The molecule has 2 unspecified atom stereocenters. The molecule has 0 amide bonds. The molecule has 0 saturated heterocycles. The fourth-order valence-corrected chi connectivity index (χ4v) is 3.32. The van der Waals surface area contributed by atoms with E-state index in [1.165, 1.54) is 5.56 Å². The molecule has 1 N–H and O–H groups in total. The second kappa shape index (κ2) is 7.08. The summed E-state index contributed by atoms with van der Waals surface area (Å²) in [5.74, 6) is 0.850. The van der Waals surface area contributed by atoms with Gasteiger partial charge in [0.25, 0.3) is 0 Å². The van der Waals surface area contributed by atoms with Crippen LogP contribution in [0.1, 0.15) is 60.5 Å². The average molecular weight is 324 g/mol. The molecule has 3 rings (SSSR count). The van der Waals surface area contributed by atoms with Crippen molar-refractivity contribution in [2.45, 2.75) is 51.6 Å². The maximum absolute atomic E-state index is 12.1. The van der Waals surface area contributed by atoms with E-state index in [0.29, 0.717) is 23.7 Å². The van der Waals surface area contributed by atoms with Crippen LogP contribution < -0.4 is 4.74 Å². The SMILES string of the molecule is CC1CC(=O)c2c(O)cc(C(C)CCCc3ccccc3)cc2O1. The standard InChI is InChI=1S/C21H24O3/c1-14(7-6-10-16-8-4-3-5-9-16)17-12-19(23)21-18(22)11-15(2)24-20(21)13-17/h3-5,8-9,12-15,23H,6-7,10-11H2,1-2H3. The molecule has 0 aromatic heterocycles. The van der Waals surface area contributed by atoms with Crippen LogP contribution >= 0.6 is 0 Å². The second-order valence-electron chi connectivity index (χ2n) is 6.75. The smallest absolute Gasteiger partial charge is 0.174 e. The van der Waals surface area contributed by atoms with Crippen LogP contribution in [0.3, 0.4) is 0 Å². The minimum atomic E-state index is -0.131. The Balaban J connectivity index is 1.69. The Morgan fingerprint density at radius 1 is 1.25 bits per heavy atom. The van der Waals surface area contributed by atoms with E-state index in [1.807, 2.05) is 19.1 Å². The third-order valence-electron chi connectivity index (χ3n) is 4.70. The summed E-state index contributed by atoms with van der Waals surface area (Å²) in [4.78, 5) is 12.1. The first-order valence-electron chi connectivity index (χ1n) is 8.65. The number of hydrogen-bond acceptors (Lipinski definition) is 3. The van der Waals surface area contributed by atoms with Crippen LogP contribution in [0, 0.1) is 0 Å². The summed E-state index contributed by atoms with van der Waals surface area (Å²) in [7, 11) is 0. The highest BCUT2D eigenvalue weighted by Crippen LogP contribution is 2.38. The lowest BCUT2D eigenvalue weighted by molar-refractivity contribution is 0.0866. The number of fused-ring (bicyclic) bond motifs is 1. The van der Waals surface area contributed by atoms with E-state index in [2.05, 4.69) is 31.2 Å². The summed E-state index contributed by atoms with van der Waals surface area (Å²) in [6.45, 7) is 4.04. The predicted molar refractivity (Wildman–Crippen MR) is 94.9 cm³/mol.